The smallest absolute Gasteiger partial charge is 0.347 e. The minimum absolute atomic E-state index is 0.344. The molecule has 0 saturated heterocycles. The monoisotopic (exact) mass is 232 g/mol. The SMILES string of the molecule is [B]CCC(Oc1ccc(C)cc1)C(=O)OCC. The van der Waals surface area contributed by atoms with Gasteiger partial charge in [0.2, 0.25) is 0 Å². The molecule has 1 aromatic rings. The van der Waals surface area contributed by atoms with Gasteiger partial charge in [0.15, 0.2) is 6.10 Å². The standard InChI is InChI=1S/C13H17BO3/c1-3-16-13(15)12(8-9-14)17-11-6-4-10(2)5-7-11/h4-7,12H,3,8-9H2,1-2H3. The van der Waals surface area contributed by atoms with Gasteiger partial charge in [-0.1, -0.05) is 24.0 Å². The first-order valence-electron chi connectivity index (χ1n) is 5.77. The summed E-state index contributed by atoms with van der Waals surface area (Å²) in [6.07, 6.45) is 0.213. The summed E-state index contributed by atoms with van der Waals surface area (Å²) in [5.41, 5.74) is 1.14. The topological polar surface area (TPSA) is 35.5 Å². The van der Waals surface area contributed by atoms with E-state index in [4.69, 9.17) is 17.3 Å². The molecule has 0 fully saturated rings. The van der Waals surface area contributed by atoms with Gasteiger partial charge in [-0.2, -0.15) is 0 Å². The Morgan fingerprint density at radius 3 is 2.53 bits per heavy atom. The van der Waals surface area contributed by atoms with E-state index in [1.165, 1.54) is 0 Å². The molecule has 3 nitrogen and oxygen atoms in total. The minimum Gasteiger partial charge on any atom is -0.479 e. The predicted molar refractivity (Wildman–Crippen MR) is 67.4 cm³/mol. The van der Waals surface area contributed by atoms with Crippen LogP contribution in [0.1, 0.15) is 18.9 Å². The summed E-state index contributed by atoms with van der Waals surface area (Å²) in [5.74, 6) is 0.292. The predicted octanol–water partition coefficient (Wildman–Crippen LogP) is 2.28. The molecule has 17 heavy (non-hydrogen) atoms. The molecular weight excluding hydrogens is 215 g/mol. The molecule has 0 aliphatic rings. The van der Waals surface area contributed by atoms with Crippen LogP contribution in [0.2, 0.25) is 6.32 Å². The summed E-state index contributed by atoms with van der Waals surface area (Å²) >= 11 is 0. The first-order valence-corrected chi connectivity index (χ1v) is 5.77. The van der Waals surface area contributed by atoms with Crippen molar-refractivity contribution in [1.29, 1.82) is 0 Å². The second-order valence-electron chi connectivity index (χ2n) is 3.75. The van der Waals surface area contributed by atoms with E-state index in [1.54, 1.807) is 6.92 Å². The van der Waals surface area contributed by atoms with Crippen LogP contribution < -0.4 is 4.74 Å². The molecule has 90 valence electrons. The van der Waals surface area contributed by atoms with Crippen LogP contribution in [0, 0.1) is 6.92 Å². The van der Waals surface area contributed by atoms with Crippen molar-refractivity contribution in [2.24, 2.45) is 0 Å². The Kier molecular flexibility index (Phi) is 5.60. The lowest BCUT2D eigenvalue weighted by atomic mass is 9.99. The zero-order valence-electron chi connectivity index (χ0n) is 10.3. The fourth-order valence-corrected chi connectivity index (χ4v) is 1.39. The van der Waals surface area contributed by atoms with Crippen molar-refractivity contribution in [1.82, 2.24) is 0 Å². The molecule has 0 aliphatic heterocycles. The number of hydrogen-bond acceptors (Lipinski definition) is 3. The van der Waals surface area contributed by atoms with Crippen LogP contribution in [-0.2, 0) is 9.53 Å². The molecular formula is C13H17BO3. The first kappa shape index (κ1) is 13.6. The van der Waals surface area contributed by atoms with Crippen LogP contribution in [0.4, 0.5) is 0 Å². The highest BCUT2D eigenvalue weighted by Gasteiger charge is 2.20. The van der Waals surface area contributed by atoms with Gasteiger partial charge in [0.25, 0.3) is 0 Å². The van der Waals surface area contributed by atoms with Crippen molar-refractivity contribution in [3.63, 3.8) is 0 Å². The lowest BCUT2D eigenvalue weighted by Crippen LogP contribution is -2.29. The number of ether oxygens (including phenoxy) is 2. The number of aryl methyl sites for hydroxylation is 1. The van der Waals surface area contributed by atoms with E-state index in [2.05, 4.69) is 0 Å². The Labute approximate surface area is 104 Å². The molecule has 1 atom stereocenters. The Bertz CT molecular complexity index is 348. The third-order valence-electron chi connectivity index (χ3n) is 2.28. The lowest BCUT2D eigenvalue weighted by molar-refractivity contribution is -0.151. The summed E-state index contributed by atoms with van der Waals surface area (Å²) < 4.78 is 10.5. The molecule has 0 spiro atoms. The molecule has 0 heterocycles. The third kappa shape index (κ3) is 4.51. The molecule has 0 amide bonds. The molecule has 1 aromatic carbocycles. The average molecular weight is 232 g/mol. The number of carbonyl (C=O) groups is 1. The van der Waals surface area contributed by atoms with E-state index in [0.29, 0.717) is 25.1 Å². The number of hydrogen-bond donors (Lipinski definition) is 0. The van der Waals surface area contributed by atoms with Crippen LogP contribution in [0.15, 0.2) is 24.3 Å². The van der Waals surface area contributed by atoms with Crippen molar-refractivity contribution in [3.8, 4) is 5.75 Å². The van der Waals surface area contributed by atoms with Gasteiger partial charge in [-0.25, -0.2) is 4.79 Å². The minimum atomic E-state index is -0.623. The van der Waals surface area contributed by atoms with Gasteiger partial charge >= 0.3 is 5.97 Å². The average Bonchev–Trinajstić information content (AvgIpc) is 2.31. The second kappa shape index (κ2) is 6.99. The fourth-order valence-electron chi connectivity index (χ4n) is 1.39. The molecule has 0 N–H and O–H groups in total. The molecule has 1 rings (SSSR count). The second-order valence-corrected chi connectivity index (χ2v) is 3.75. The molecule has 0 aliphatic carbocycles. The summed E-state index contributed by atoms with van der Waals surface area (Å²) in [5, 5.41) is 0. The molecule has 0 bridgehead atoms. The number of esters is 1. The van der Waals surface area contributed by atoms with Gasteiger partial charge in [-0.3, -0.25) is 0 Å². The quantitative estimate of drug-likeness (QED) is 0.557. The number of carbonyl (C=O) groups excluding carboxylic acids is 1. The van der Waals surface area contributed by atoms with Gasteiger partial charge < -0.3 is 9.47 Å². The highest BCUT2D eigenvalue weighted by atomic mass is 16.6. The Morgan fingerprint density at radius 2 is 2.00 bits per heavy atom. The highest BCUT2D eigenvalue weighted by molar-refractivity contribution is 6.08. The summed E-state index contributed by atoms with van der Waals surface area (Å²) in [6, 6.07) is 7.52. The molecule has 2 radical (unpaired) electrons. The zero-order valence-corrected chi connectivity index (χ0v) is 10.3. The Hall–Kier alpha value is -1.45. The molecule has 1 unspecified atom stereocenters. The maximum Gasteiger partial charge on any atom is 0.347 e. The maximum atomic E-state index is 11.6. The number of benzene rings is 1. The molecule has 0 saturated carbocycles. The van der Waals surface area contributed by atoms with Gasteiger partial charge in [-0.15, -0.1) is 0 Å². The third-order valence-corrected chi connectivity index (χ3v) is 2.28. The van der Waals surface area contributed by atoms with E-state index in [9.17, 15) is 4.79 Å². The van der Waals surface area contributed by atoms with Crippen LogP contribution in [-0.4, -0.2) is 26.5 Å². The van der Waals surface area contributed by atoms with Gasteiger partial charge in [0.1, 0.15) is 5.75 Å². The Balaban J connectivity index is 2.65. The van der Waals surface area contributed by atoms with Crippen LogP contribution in [0.5, 0.6) is 5.75 Å². The van der Waals surface area contributed by atoms with Crippen LogP contribution in [0.25, 0.3) is 0 Å². The largest absolute Gasteiger partial charge is 0.479 e. The number of rotatable bonds is 6. The fraction of sp³-hybridized carbons (Fsp3) is 0.462. The van der Waals surface area contributed by atoms with E-state index >= 15 is 0 Å². The maximum absolute atomic E-state index is 11.6. The normalized spacial score (nSPS) is 11.9. The van der Waals surface area contributed by atoms with E-state index < -0.39 is 6.10 Å². The zero-order chi connectivity index (χ0) is 12.7. The summed E-state index contributed by atoms with van der Waals surface area (Å²) in [4.78, 5) is 11.6. The van der Waals surface area contributed by atoms with E-state index in [-0.39, 0.29) is 5.97 Å². The van der Waals surface area contributed by atoms with Crippen molar-refractivity contribution in [2.45, 2.75) is 32.7 Å². The summed E-state index contributed by atoms with van der Waals surface area (Å²) in [6.45, 7) is 4.10. The Morgan fingerprint density at radius 1 is 1.35 bits per heavy atom. The van der Waals surface area contributed by atoms with Crippen molar-refractivity contribution >= 4 is 13.8 Å². The lowest BCUT2D eigenvalue weighted by Gasteiger charge is -2.17. The van der Waals surface area contributed by atoms with Crippen molar-refractivity contribution < 1.29 is 14.3 Å². The van der Waals surface area contributed by atoms with Gasteiger partial charge in [0.05, 0.1) is 14.5 Å². The summed E-state index contributed by atoms with van der Waals surface area (Å²) in [7, 11) is 5.45. The molecule has 4 heteroatoms. The van der Waals surface area contributed by atoms with Gasteiger partial charge in [0, 0.05) is 0 Å². The van der Waals surface area contributed by atoms with E-state index in [0.717, 1.165) is 5.56 Å². The van der Waals surface area contributed by atoms with Crippen LogP contribution in [0.3, 0.4) is 0 Å². The van der Waals surface area contributed by atoms with Crippen molar-refractivity contribution in [2.75, 3.05) is 6.61 Å². The molecule has 0 aromatic heterocycles. The first-order chi connectivity index (χ1) is 8.17. The van der Waals surface area contributed by atoms with E-state index in [1.807, 2.05) is 31.2 Å². The van der Waals surface area contributed by atoms with Crippen molar-refractivity contribution in [3.05, 3.63) is 29.8 Å². The van der Waals surface area contributed by atoms with Crippen LogP contribution >= 0.6 is 0 Å². The van der Waals surface area contributed by atoms with Gasteiger partial charge in [-0.05, 0) is 32.4 Å². The highest BCUT2D eigenvalue weighted by Crippen LogP contribution is 2.16.